The summed E-state index contributed by atoms with van der Waals surface area (Å²) in [6, 6.07) is 4.14. The molecule has 2 aliphatic rings. The van der Waals surface area contributed by atoms with Crippen LogP contribution in [0.4, 0.5) is 4.79 Å². The molecule has 1 atom stereocenters. The van der Waals surface area contributed by atoms with Crippen LogP contribution in [0.1, 0.15) is 42.4 Å². The summed E-state index contributed by atoms with van der Waals surface area (Å²) in [6.45, 7) is 8.85. The summed E-state index contributed by atoms with van der Waals surface area (Å²) in [4.78, 5) is 29.0. The molecular weight excluding hydrogens is 316 g/mol. The van der Waals surface area contributed by atoms with Crippen LogP contribution < -0.4 is 4.74 Å². The number of benzene rings is 1. The fraction of sp³-hybridized carbons (Fsp3) is 0.600. The zero-order valence-corrected chi connectivity index (χ0v) is 15.5. The standard InChI is InChI=1S/C20H28N2O3/c1-14-11-15(2)18(16(3)12-14)25-19(23)17-7-6-10-22(13-17)20(24)21-8-4-5-9-21/h11-12,17H,4-10,13H2,1-3H3/t17-/m1/s1. The molecule has 1 aromatic rings. The fourth-order valence-corrected chi connectivity index (χ4v) is 3.96. The van der Waals surface area contributed by atoms with Crippen LogP contribution in [0.25, 0.3) is 0 Å². The minimum atomic E-state index is -0.236. The number of hydrogen-bond acceptors (Lipinski definition) is 3. The molecule has 136 valence electrons. The zero-order valence-electron chi connectivity index (χ0n) is 15.5. The van der Waals surface area contributed by atoms with Crippen molar-refractivity contribution in [3.8, 4) is 5.75 Å². The third-order valence-electron chi connectivity index (χ3n) is 5.21. The summed E-state index contributed by atoms with van der Waals surface area (Å²) in [6.07, 6.45) is 3.80. The van der Waals surface area contributed by atoms with E-state index in [1.54, 1.807) is 0 Å². The largest absolute Gasteiger partial charge is 0.426 e. The number of likely N-dealkylation sites (tertiary alicyclic amines) is 2. The summed E-state index contributed by atoms with van der Waals surface area (Å²) in [5, 5.41) is 0. The predicted molar refractivity (Wildman–Crippen MR) is 96.8 cm³/mol. The molecule has 0 unspecified atom stereocenters. The Morgan fingerprint density at radius 1 is 0.960 bits per heavy atom. The molecule has 2 fully saturated rings. The van der Waals surface area contributed by atoms with Crippen molar-refractivity contribution in [1.82, 2.24) is 9.80 Å². The van der Waals surface area contributed by atoms with Gasteiger partial charge in [-0.2, -0.15) is 0 Å². The number of amides is 2. The highest BCUT2D eigenvalue weighted by Crippen LogP contribution is 2.27. The van der Waals surface area contributed by atoms with Gasteiger partial charge in [-0.3, -0.25) is 4.79 Å². The Bertz CT molecular complexity index is 642. The molecule has 5 nitrogen and oxygen atoms in total. The molecule has 0 radical (unpaired) electrons. The highest BCUT2D eigenvalue weighted by molar-refractivity contribution is 5.79. The fourth-order valence-electron chi connectivity index (χ4n) is 3.96. The number of ether oxygens (including phenoxy) is 1. The number of nitrogens with zero attached hydrogens (tertiary/aromatic N) is 2. The summed E-state index contributed by atoms with van der Waals surface area (Å²) in [5.41, 5.74) is 3.12. The van der Waals surface area contributed by atoms with Gasteiger partial charge in [0.2, 0.25) is 0 Å². The van der Waals surface area contributed by atoms with Gasteiger partial charge in [-0.25, -0.2) is 4.79 Å². The monoisotopic (exact) mass is 344 g/mol. The first-order valence-electron chi connectivity index (χ1n) is 9.29. The van der Waals surface area contributed by atoms with Gasteiger partial charge in [0.25, 0.3) is 0 Å². The number of rotatable bonds is 2. The highest BCUT2D eigenvalue weighted by atomic mass is 16.5. The summed E-state index contributed by atoms with van der Waals surface area (Å²) in [5.74, 6) is 0.216. The Balaban J connectivity index is 1.65. The Morgan fingerprint density at radius 2 is 1.56 bits per heavy atom. The molecule has 0 aliphatic carbocycles. The Kier molecular flexibility index (Phi) is 5.30. The summed E-state index contributed by atoms with van der Waals surface area (Å²) < 4.78 is 5.73. The SMILES string of the molecule is Cc1cc(C)c(OC(=O)[C@@H]2CCCN(C(=O)N3CCCC3)C2)c(C)c1. The smallest absolute Gasteiger partial charge is 0.320 e. The first-order valence-corrected chi connectivity index (χ1v) is 9.29. The lowest BCUT2D eigenvalue weighted by molar-refractivity contribution is -0.140. The normalized spacial score (nSPS) is 20.7. The second-order valence-electron chi connectivity index (χ2n) is 7.41. The van der Waals surface area contributed by atoms with Crippen molar-refractivity contribution >= 4 is 12.0 Å². The highest BCUT2D eigenvalue weighted by Gasteiger charge is 2.32. The van der Waals surface area contributed by atoms with Crippen LogP contribution in [-0.4, -0.2) is 48.0 Å². The molecule has 2 aliphatic heterocycles. The van der Waals surface area contributed by atoms with Crippen LogP contribution in [-0.2, 0) is 4.79 Å². The van der Waals surface area contributed by atoms with Gasteiger partial charge in [0, 0.05) is 26.2 Å². The van der Waals surface area contributed by atoms with E-state index in [4.69, 9.17) is 4.74 Å². The number of carbonyl (C=O) groups excluding carboxylic acids is 2. The maximum Gasteiger partial charge on any atom is 0.320 e. The first-order chi connectivity index (χ1) is 12.0. The number of hydrogen-bond donors (Lipinski definition) is 0. The van der Waals surface area contributed by atoms with Gasteiger partial charge in [-0.1, -0.05) is 17.7 Å². The quantitative estimate of drug-likeness (QED) is 0.610. The average molecular weight is 344 g/mol. The van der Waals surface area contributed by atoms with Gasteiger partial charge >= 0.3 is 12.0 Å². The van der Waals surface area contributed by atoms with Gasteiger partial charge in [-0.05, 0) is 57.6 Å². The van der Waals surface area contributed by atoms with Gasteiger partial charge in [0.1, 0.15) is 5.75 Å². The van der Waals surface area contributed by atoms with Crippen molar-refractivity contribution in [2.24, 2.45) is 5.92 Å². The van der Waals surface area contributed by atoms with Crippen LogP contribution in [0.15, 0.2) is 12.1 Å². The Labute approximate surface area is 149 Å². The number of urea groups is 1. The van der Waals surface area contributed by atoms with Crippen LogP contribution in [0.5, 0.6) is 5.75 Å². The van der Waals surface area contributed by atoms with Crippen molar-refractivity contribution in [1.29, 1.82) is 0 Å². The summed E-state index contributed by atoms with van der Waals surface area (Å²) >= 11 is 0. The van der Waals surface area contributed by atoms with Crippen molar-refractivity contribution in [2.45, 2.75) is 46.5 Å². The number of aryl methyl sites for hydroxylation is 3. The molecule has 2 amide bonds. The lowest BCUT2D eigenvalue weighted by Gasteiger charge is -2.34. The molecule has 0 N–H and O–H groups in total. The van der Waals surface area contributed by atoms with E-state index < -0.39 is 0 Å². The molecule has 0 bridgehead atoms. The molecule has 2 heterocycles. The lowest BCUT2D eigenvalue weighted by atomic mass is 9.98. The second kappa shape index (κ2) is 7.46. The van der Waals surface area contributed by atoms with Crippen molar-refractivity contribution in [3.63, 3.8) is 0 Å². The summed E-state index contributed by atoms with van der Waals surface area (Å²) in [7, 11) is 0. The van der Waals surface area contributed by atoms with E-state index in [1.807, 2.05) is 42.7 Å². The van der Waals surface area contributed by atoms with Crippen molar-refractivity contribution in [2.75, 3.05) is 26.2 Å². The molecule has 2 saturated heterocycles. The first kappa shape index (κ1) is 17.8. The Hall–Kier alpha value is -2.04. The van der Waals surface area contributed by atoms with E-state index in [1.165, 1.54) is 0 Å². The van der Waals surface area contributed by atoms with E-state index >= 15 is 0 Å². The number of carbonyl (C=O) groups is 2. The number of esters is 1. The average Bonchev–Trinajstić information content (AvgIpc) is 3.12. The molecule has 5 heteroatoms. The van der Waals surface area contributed by atoms with Crippen LogP contribution in [0.3, 0.4) is 0 Å². The topological polar surface area (TPSA) is 49.9 Å². The van der Waals surface area contributed by atoms with Crippen molar-refractivity contribution < 1.29 is 14.3 Å². The molecular formula is C20H28N2O3. The van der Waals surface area contributed by atoms with E-state index in [0.717, 1.165) is 62.0 Å². The van der Waals surface area contributed by atoms with Gasteiger partial charge in [-0.15, -0.1) is 0 Å². The van der Waals surface area contributed by atoms with Gasteiger partial charge < -0.3 is 14.5 Å². The van der Waals surface area contributed by atoms with E-state index in [0.29, 0.717) is 12.3 Å². The van der Waals surface area contributed by atoms with E-state index in [2.05, 4.69) is 0 Å². The third kappa shape index (κ3) is 3.97. The maximum atomic E-state index is 12.7. The lowest BCUT2D eigenvalue weighted by Crippen LogP contribution is -2.48. The minimum absolute atomic E-state index is 0.0812. The van der Waals surface area contributed by atoms with E-state index in [9.17, 15) is 9.59 Å². The third-order valence-corrected chi connectivity index (χ3v) is 5.21. The Morgan fingerprint density at radius 3 is 2.20 bits per heavy atom. The van der Waals surface area contributed by atoms with Crippen LogP contribution in [0.2, 0.25) is 0 Å². The zero-order chi connectivity index (χ0) is 18.0. The maximum absolute atomic E-state index is 12.7. The predicted octanol–water partition coefficient (Wildman–Crippen LogP) is 3.45. The van der Waals surface area contributed by atoms with Gasteiger partial charge in [0.05, 0.1) is 5.92 Å². The van der Waals surface area contributed by atoms with Crippen molar-refractivity contribution in [3.05, 3.63) is 28.8 Å². The molecule has 0 aromatic heterocycles. The molecule has 0 saturated carbocycles. The molecule has 25 heavy (non-hydrogen) atoms. The number of piperidine rings is 1. The molecule has 0 spiro atoms. The second-order valence-corrected chi connectivity index (χ2v) is 7.41. The molecule has 1 aromatic carbocycles. The minimum Gasteiger partial charge on any atom is -0.426 e. The van der Waals surface area contributed by atoms with Crippen LogP contribution >= 0.6 is 0 Å². The van der Waals surface area contributed by atoms with E-state index in [-0.39, 0.29) is 17.9 Å². The van der Waals surface area contributed by atoms with Crippen LogP contribution in [0, 0.1) is 26.7 Å². The van der Waals surface area contributed by atoms with Gasteiger partial charge in [0.15, 0.2) is 0 Å². The molecule has 3 rings (SSSR count).